The van der Waals surface area contributed by atoms with Crippen LogP contribution in [-0.4, -0.2) is 19.8 Å². The van der Waals surface area contributed by atoms with Gasteiger partial charge in [-0.2, -0.15) is 4.39 Å². The molecule has 0 saturated heterocycles. The average molecular weight is 553 g/mol. The Balaban J connectivity index is 1.28. The first-order chi connectivity index (χ1) is 19.5. The van der Waals surface area contributed by atoms with E-state index in [-0.39, 0.29) is 29.0 Å². The van der Waals surface area contributed by atoms with Gasteiger partial charge in [0, 0.05) is 11.6 Å². The highest BCUT2D eigenvalue weighted by Gasteiger charge is 2.26. The van der Waals surface area contributed by atoms with Gasteiger partial charge >= 0.3 is 0 Å². The van der Waals surface area contributed by atoms with E-state index >= 15 is 0 Å². The highest BCUT2D eigenvalue weighted by Crippen LogP contribution is 2.38. The summed E-state index contributed by atoms with van der Waals surface area (Å²) in [6, 6.07) is 15.2. The van der Waals surface area contributed by atoms with E-state index in [1.807, 2.05) is 18.2 Å². The fourth-order valence-electron chi connectivity index (χ4n) is 5.13. The van der Waals surface area contributed by atoms with E-state index in [1.165, 1.54) is 12.1 Å². The predicted molar refractivity (Wildman–Crippen MR) is 154 cm³/mol. The van der Waals surface area contributed by atoms with Crippen molar-refractivity contribution >= 4 is 0 Å². The zero-order chi connectivity index (χ0) is 28.3. The minimum absolute atomic E-state index is 0.0855. The van der Waals surface area contributed by atoms with Crippen LogP contribution >= 0.6 is 0 Å². The van der Waals surface area contributed by atoms with Gasteiger partial charge in [-0.15, -0.1) is 6.58 Å². The molecule has 0 amide bonds. The number of allylic oxidation sites excluding steroid dienone is 1. The van der Waals surface area contributed by atoms with E-state index in [0.717, 1.165) is 51.4 Å². The van der Waals surface area contributed by atoms with E-state index in [0.29, 0.717) is 42.4 Å². The third kappa shape index (κ3) is 7.83. The molecule has 0 atom stereocenters. The van der Waals surface area contributed by atoms with Crippen LogP contribution in [-0.2, 0) is 0 Å². The summed E-state index contributed by atoms with van der Waals surface area (Å²) in [5, 5.41) is 0. The molecule has 3 aromatic carbocycles. The normalized spacial score (nSPS) is 16.9. The SMILES string of the molecule is C=CCCCOc1ccc(C2CCC(COc3ccc(-c4ccc(OCCCC)cc4)c(F)c3F)CC2)c(F)c1. The number of hydrogen-bond acceptors (Lipinski definition) is 3. The summed E-state index contributed by atoms with van der Waals surface area (Å²) in [5.74, 6) is -0.655. The number of halogens is 3. The Morgan fingerprint density at radius 3 is 2.20 bits per heavy atom. The van der Waals surface area contributed by atoms with Crippen LogP contribution in [0.25, 0.3) is 11.1 Å². The third-order valence-electron chi connectivity index (χ3n) is 7.53. The molecule has 214 valence electrons. The van der Waals surface area contributed by atoms with Crippen LogP contribution < -0.4 is 14.2 Å². The van der Waals surface area contributed by atoms with Crippen molar-refractivity contribution in [3.63, 3.8) is 0 Å². The number of ether oxygens (including phenoxy) is 3. The Labute approximate surface area is 236 Å². The maximum Gasteiger partial charge on any atom is 0.201 e. The van der Waals surface area contributed by atoms with Gasteiger partial charge in [0.25, 0.3) is 0 Å². The Kier molecular flexibility index (Phi) is 11.0. The maximum atomic E-state index is 14.9. The first-order valence-electron chi connectivity index (χ1n) is 14.4. The molecule has 6 heteroatoms. The Hall–Kier alpha value is -3.41. The monoisotopic (exact) mass is 552 g/mol. The largest absolute Gasteiger partial charge is 0.494 e. The molecule has 0 aromatic heterocycles. The molecule has 0 heterocycles. The van der Waals surface area contributed by atoms with E-state index in [1.54, 1.807) is 30.3 Å². The second kappa shape index (κ2) is 14.8. The van der Waals surface area contributed by atoms with Gasteiger partial charge in [-0.1, -0.05) is 37.6 Å². The second-order valence-corrected chi connectivity index (χ2v) is 10.5. The topological polar surface area (TPSA) is 27.7 Å². The van der Waals surface area contributed by atoms with Gasteiger partial charge in [-0.05, 0) is 98.2 Å². The lowest BCUT2D eigenvalue weighted by molar-refractivity contribution is 0.192. The van der Waals surface area contributed by atoms with Gasteiger partial charge < -0.3 is 14.2 Å². The van der Waals surface area contributed by atoms with Gasteiger partial charge in [0.05, 0.1) is 19.8 Å². The maximum absolute atomic E-state index is 14.9. The van der Waals surface area contributed by atoms with E-state index in [9.17, 15) is 13.2 Å². The minimum atomic E-state index is -0.983. The van der Waals surface area contributed by atoms with Crippen LogP contribution in [0.3, 0.4) is 0 Å². The van der Waals surface area contributed by atoms with Gasteiger partial charge in [-0.25, -0.2) is 8.78 Å². The summed E-state index contributed by atoms with van der Waals surface area (Å²) in [5.41, 5.74) is 1.46. The van der Waals surface area contributed by atoms with Crippen molar-refractivity contribution < 1.29 is 27.4 Å². The van der Waals surface area contributed by atoms with Crippen molar-refractivity contribution in [2.75, 3.05) is 19.8 Å². The van der Waals surface area contributed by atoms with Crippen molar-refractivity contribution in [2.24, 2.45) is 5.92 Å². The molecule has 0 N–H and O–H groups in total. The molecule has 4 rings (SSSR count). The van der Waals surface area contributed by atoms with Crippen molar-refractivity contribution in [1.82, 2.24) is 0 Å². The Morgan fingerprint density at radius 2 is 1.50 bits per heavy atom. The molecule has 3 aromatic rings. The van der Waals surface area contributed by atoms with Crippen molar-refractivity contribution in [3.05, 3.63) is 90.3 Å². The van der Waals surface area contributed by atoms with Crippen LogP contribution in [0, 0.1) is 23.4 Å². The lowest BCUT2D eigenvalue weighted by atomic mass is 9.79. The zero-order valence-corrected chi connectivity index (χ0v) is 23.3. The van der Waals surface area contributed by atoms with Crippen LogP contribution in [0.4, 0.5) is 13.2 Å². The van der Waals surface area contributed by atoms with Crippen LogP contribution in [0.15, 0.2) is 67.3 Å². The zero-order valence-electron chi connectivity index (χ0n) is 23.3. The third-order valence-corrected chi connectivity index (χ3v) is 7.53. The summed E-state index contributed by atoms with van der Waals surface area (Å²) in [7, 11) is 0. The molecule has 1 aliphatic carbocycles. The summed E-state index contributed by atoms with van der Waals surface area (Å²) in [4.78, 5) is 0. The molecule has 0 bridgehead atoms. The number of hydrogen-bond donors (Lipinski definition) is 0. The first-order valence-corrected chi connectivity index (χ1v) is 14.4. The van der Waals surface area contributed by atoms with Crippen LogP contribution in [0.1, 0.15) is 69.8 Å². The first kappa shape index (κ1) is 29.6. The summed E-state index contributed by atoms with van der Waals surface area (Å²) >= 11 is 0. The molecule has 0 radical (unpaired) electrons. The highest BCUT2D eigenvalue weighted by atomic mass is 19.2. The van der Waals surface area contributed by atoms with E-state index < -0.39 is 11.6 Å². The predicted octanol–water partition coefficient (Wildman–Crippen LogP) is 9.65. The number of benzene rings is 3. The molecule has 0 spiro atoms. The molecule has 0 unspecified atom stereocenters. The number of rotatable bonds is 14. The average Bonchev–Trinajstić information content (AvgIpc) is 2.97. The molecular weight excluding hydrogens is 513 g/mol. The van der Waals surface area contributed by atoms with Gasteiger partial charge in [0.15, 0.2) is 11.6 Å². The fraction of sp³-hybridized carbons (Fsp3) is 0.412. The van der Waals surface area contributed by atoms with Gasteiger partial charge in [0.1, 0.15) is 17.3 Å². The quantitative estimate of drug-likeness (QED) is 0.147. The molecule has 1 fully saturated rings. The Bertz CT molecular complexity index is 1230. The summed E-state index contributed by atoms with van der Waals surface area (Å²) in [6.45, 7) is 7.24. The molecule has 3 nitrogen and oxygen atoms in total. The lowest BCUT2D eigenvalue weighted by Crippen LogP contribution is -2.20. The van der Waals surface area contributed by atoms with E-state index in [2.05, 4.69) is 13.5 Å². The summed E-state index contributed by atoms with van der Waals surface area (Å²) < 4.78 is 61.6. The highest BCUT2D eigenvalue weighted by molar-refractivity contribution is 5.66. The van der Waals surface area contributed by atoms with Crippen molar-refractivity contribution in [3.8, 4) is 28.4 Å². The Morgan fingerprint density at radius 1 is 0.800 bits per heavy atom. The second-order valence-electron chi connectivity index (χ2n) is 10.5. The lowest BCUT2D eigenvalue weighted by Gasteiger charge is -2.29. The van der Waals surface area contributed by atoms with Crippen molar-refractivity contribution in [1.29, 1.82) is 0 Å². The van der Waals surface area contributed by atoms with Crippen LogP contribution in [0.5, 0.6) is 17.2 Å². The van der Waals surface area contributed by atoms with Crippen molar-refractivity contribution in [2.45, 2.75) is 64.2 Å². The molecular formula is C34H39F3O3. The van der Waals surface area contributed by atoms with Gasteiger partial charge in [-0.3, -0.25) is 0 Å². The standard InChI is InChI=1S/C34H39F3O3/c1-3-5-7-21-39-28-16-17-29(31(35)22-28)25-10-8-24(9-11-25)23-40-32-19-18-30(33(36)34(32)37)26-12-14-27(15-13-26)38-20-6-4-2/h3,12-19,22,24-25H,1,4-11,20-21,23H2,2H3. The minimum Gasteiger partial charge on any atom is -0.494 e. The van der Waals surface area contributed by atoms with Gasteiger partial charge in [0.2, 0.25) is 5.82 Å². The van der Waals surface area contributed by atoms with E-state index in [4.69, 9.17) is 14.2 Å². The molecule has 1 aliphatic rings. The molecule has 0 aliphatic heterocycles. The molecule has 1 saturated carbocycles. The smallest absolute Gasteiger partial charge is 0.201 e. The van der Waals surface area contributed by atoms with Crippen LogP contribution in [0.2, 0.25) is 0 Å². The molecule has 40 heavy (non-hydrogen) atoms. The fourth-order valence-corrected chi connectivity index (χ4v) is 5.13. The number of unbranched alkanes of at least 4 members (excludes halogenated alkanes) is 2. The summed E-state index contributed by atoms with van der Waals surface area (Å²) in [6.07, 6.45) is 8.86.